The number of aromatic nitrogens is 1. The summed E-state index contributed by atoms with van der Waals surface area (Å²) in [5.74, 6) is 0.104. The monoisotopic (exact) mass is 258 g/mol. The Bertz CT molecular complexity index is 646. The second-order valence-corrected chi connectivity index (χ2v) is 4.70. The fourth-order valence-electron chi connectivity index (χ4n) is 2.16. The molecule has 4 nitrogen and oxygen atoms in total. The van der Waals surface area contributed by atoms with Gasteiger partial charge in [0.15, 0.2) is 0 Å². The summed E-state index contributed by atoms with van der Waals surface area (Å²) < 4.78 is 0. The molecule has 1 aromatic heterocycles. The summed E-state index contributed by atoms with van der Waals surface area (Å²) >= 11 is 0. The minimum absolute atomic E-state index is 0.104. The van der Waals surface area contributed by atoms with Crippen LogP contribution in [0.2, 0.25) is 0 Å². The standard InChI is InChI=1S/C15H18N2O2/c1-3-6-15(19)17(2)10-11-9-14(18)16-13-8-5-4-7-12(11)13/h4-5,7-9H,3,6,10H2,1-2H3,(H,16,18). The fourth-order valence-corrected chi connectivity index (χ4v) is 2.16. The van der Waals surface area contributed by atoms with Crippen molar-refractivity contribution in [1.29, 1.82) is 0 Å². The number of fused-ring (bicyclic) bond motifs is 1. The van der Waals surface area contributed by atoms with Crippen LogP contribution in [0.5, 0.6) is 0 Å². The third-order valence-electron chi connectivity index (χ3n) is 3.13. The van der Waals surface area contributed by atoms with Crippen LogP contribution in [0.1, 0.15) is 25.3 Å². The third-order valence-corrected chi connectivity index (χ3v) is 3.13. The van der Waals surface area contributed by atoms with Gasteiger partial charge in [-0.25, -0.2) is 0 Å². The molecule has 0 unspecified atom stereocenters. The highest BCUT2D eigenvalue weighted by molar-refractivity contribution is 5.82. The van der Waals surface area contributed by atoms with E-state index in [1.165, 1.54) is 0 Å². The van der Waals surface area contributed by atoms with Gasteiger partial charge in [0.2, 0.25) is 11.5 Å². The maximum Gasteiger partial charge on any atom is 0.248 e. The van der Waals surface area contributed by atoms with E-state index < -0.39 is 0 Å². The van der Waals surface area contributed by atoms with Gasteiger partial charge in [0.25, 0.3) is 0 Å². The number of nitrogens with one attached hydrogen (secondary N) is 1. The Morgan fingerprint density at radius 1 is 1.32 bits per heavy atom. The maximum atomic E-state index is 11.8. The van der Waals surface area contributed by atoms with Crippen LogP contribution in [0.4, 0.5) is 0 Å². The number of aromatic amines is 1. The van der Waals surface area contributed by atoms with Crippen molar-refractivity contribution in [3.63, 3.8) is 0 Å². The average molecular weight is 258 g/mol. The van der Waals surface area contributed by atoms with Crippen LogP contribution in [0.3, 0.4) is 0 Å². The average Bonchev–Trinajstić information content (AvgIpc) is 2.38. The maximum absolute atomic E-state index is 11.8. The molecule has 2 rings (SSSR count). The third kappa shape index (κ3) is 3.02. The number of rotatable bonds is 4. The molecule has 0 spiro atoms. The predicted molar refractivity (Wildman–Crippen MR) is 76.0 cm³/mol. The van der Waals surface area contributed by atoms with Gasteiger partial charge in [-0.1, -0.05) is 25.1 Å². The van der Waals surface area contributed by atoms with E-state index in [2.05, 4.69) is 4.98 Å². The lowest BCUT2D eigenvalue weighted by Gasteiger charge is -2.18. The second-order valence-electron chi connectivity index (χ2n) is 4.70. The number of amides is 1. The molecule has 19 heavy (non-hydrogen) atoms. The molecule has 0 saturated heterocycles. The van der Waals surface area contributed by atoms with Gasteiger partial charge in [0, 0.05) is 37.0 Å². The summed E-state index contributed by atoms with van der Waals surface area (Å²) in [6.07, 6.45) is 1.37. The van der Waals surface area contributed by atoms with Gasteiger partial charge in [0.05, 0.1) is 0 Å². The van der Waals surface area contributed by atoms with Crippen LogP contribution in [0.15, 0.2) is 35.1 Å². The van der Waals surface area contributed by atoms with Crippen LogP contribution in [0, 0.1) is 0 Å². The molecule has 2 aromatic rings. The molecule has 0 radical (unpaired) electrons. The molecule has 0 aliphatic rings. The van der Waals surface area contributed by atoms with Crippen molar-refractivity contribution in [2.45, 2.75) is 26.3 Å². The van der Waals surface area contributed by atoms with E-state index in [1.54, 1.807) is 18.0 Å². The normalized spacial score (nSPS) is 10.6. The van der Waals surface area contributed by atoms with Crippen molar-refractivity contribution in [3.8, 4) is 0 Å². The van der Waals surface area contributed by atoms with Crippen LogP contribution >= 0.6 is 0 Å². The van der Waals surface area contributed by atoms with Gasteiger partial charge < -0.3 is 9.88 Å². The van der Waals surface area contributed by atoms with E-state index in [0.717, 1.165) is 22.9 Å². The minimum Gasteiger partial charge on any atom is -0.341 e. The van der Waals surface area contributed by atoms with E-state index >= 15 is 0 Å². The molecule has 0 atom stereocenters. The van der Waals surface area contributed by atoms with Crippen molar-refractivity contribution in [2.24, 2.45) is 0 Å². The number of carbonyl (C=O) groups is 1. The molecule has 4 heteroatoms. The summed E-state index contributed by atoms with van der Waals surface area (Å²) in [6.45, 7) is 2.44. The van der Waals surface area contributed by atoms with Gasteiger partial charge in [-0.2, -0.15) is 0 Å². The van der Waals surface area contributed by atoms with Crippen molar-refractivity contribution < 1.29 is 4.79 Å². The van der Waals surface area contributed by atoms with Crippen molar-refractivity contribution >= 4 is 16.8 Å². The predicted octanol–water partition coefficient (Wildman–Crippen LogP) is 2.29. The van der Waals surface area contributed by atoms with Gasteiger partial charge in [-0.05, 0) is 18.1 Å². The molecule has 0 saturated carbocycles. The molecule has 100 valence electrons. The molecule has 1 aromatic carbocycles. The van der Waals surface area contributed by atoms with Crippen molar-refractivity contribution in [1.82, 2.24) is 9.88 Å². The lowest BCUT2D eigenvalue weighted by Crippen LogP contribution is -2.26. The topological polar surface area (TPSA) is 53.2 Å². The summed E-state index contributed by atoms with van der Waals surface area (Å²) in [5, 5.41) is 0.984. The minimum atomic E-state index is -0.134. The van der Waals surface area contributed by atoms with Crippen molar-refractivity contribution in [3.05, 3.63) is 46.2 Å². The van der Waals surface area contributed by atoms with Gasteiger partial charge >= 0.3 is 0 Å². The number of carbonyl (C=O) groups excluding carboxylic acids is 1. The van der Waals surface area contributed by atoms with Crippen LogP contribution in [-0.4, -0.2) is 22.8 Å². The summed E-state index contributed by atoms with van der Waals surface area (Å²) in [5.41, 5.74) is 1.55. The number of para-hydroxylation sites is 1. The van der Waals surface area contributed by atoms with E-state index in [-0.39, 0.29) is 11.5 Å². The first kappa shape index (κ1) is 13.3. The first-order chi connectivity index (χ1) is 9.11. The van der Waals surface area contributed by atoms with E-state index in [0.29, 0.717) is 13.0 Å². The van der Waals surface area contributed by atoms with E-state index in [1.807, 2.05) is 31.2 Å². The Labute approximate surface area is 112 Å². The van der Waals surface area contributed by atoms with Crippen molar-refractivity contribution in [2.75, 3.05) is 7.05 Å². The zero-order chi connectivity index (χ0) is 13.8. The van der Waals surface area contributed by atoms with Crippen LogP contribution < -0.4 is 5.56 Å². The molecule has 1 amide bonds. The highest BCUT2D eigenvalue weighted by Gasteiger charge is 2.10. The van der Waals surface area contributed by atoms with E-state index in [9.17, 15) is 9.59 Å². The number of hydrogen-bond acceptors (Lipinski definition) is 2. The molecule has 0 aliphatic heterocycles. The number of benzene rings is 1. The van der Waals surface area contributed by atoms with Gasteiger partial charge in [0.1, 0.15) is 0 Å². The highest BCUT2D eigenvalue weighted by Crippen LogP contribution is 2.16. The lowest BCUT2D eigenvalue weighted by molar-refractivity contribution is -0.130. The zero-order valence-electron chi connectivity index (χ0n) is 11.3. The summed E-state index contributed by atoms with van der Waals surface area (Å²) in [4.78, 5) is 27.9. The van der Waals surface area contributed by atoms with Crippen LogP contribution in [0.25, 0.3) is 10.9 Å². The second kappa shape index (κ2) is 5.69. The zero-order valence-corrected chi connectivity index (χ0v) is 11.3. The number of hydrogen-bond donors (Lipinski definition) is 1. The Hall–Kier alpha value is -2.10. The SMILES string of the molecule is CCCC(=O)N(C)Cc1cc(=O)[nH]c2ccccc12. The van der Waals surface area contributed by atoms with E-state index in [4.69, 9.17) is 0 Å². The Morgan fingerprint density at radius 2 is 2.05 bits per heavy atom. The number of H-pyrrole nitrogens is 1. The van der Waals surface area contributed by atoms with Crippen LogP contribution in [-0.2, 0) is 11.3 Å². The molecule has 0 fully saturated rings. The Morgan fingerprint density at radius 3 is 2.79 bits per heavy atom. The Balaban J connectivity index is 2.34. The smallest absolute Gasteiger partial charge is 0.248 e. The first-order valence-corrected chi connectivity index (χ1v) is 6.46. The quantitative estimate of drug-likeness (QED) is 0.914. The largest absolute Gasteiger partial charge is 0.341 e. The lowest BCUT2D eigenvalue weighted by atomic mass is 10.1. The Kier molecular flexibility index (Phi) is 4.00. The first-order valence-electron chi connectivity index (χ1n) is 6.46. The fraction of sp³-hybridized carbons (Fsp3) is 0.333. The molecule has 1 N–H and O–H groups in total. The number of pyridine rings is 1. The molecule has 0 aliphatic carbocycles. The molecular weight excluding hydrogens is 240 g/mol. The number of nitrogens with zero attached hydrogens (tertiary/aromatic N) is 1. The van der Waals surface area contributed by atoms with Gasteiger partial charge in [-0.15, -0.1) is 0 Å². The summed E-state index contributed by atoms with van der Waals surface area (Å²) in [7, 11) is 1.77. The molecular formula is C15H18N2O2. The van der Waals surface area contributed by atoms with Gasteiger partial charge in [-0.3, -0.25) is 9.59 Å². The highest BCUT2D eigenvalue weighted by atomic mass is 16.2. The molecule has 0 bridgehead atoms. The molecule has 1 heterocycles. The summed E-state index contributed by atoms with van der Waals surface area (Å²) in [6, 6.07) is 9.21.